The lowest BCUT2D eigenvalue weighted by atomic mass is 10.1. The Labute approximate surface area is 167 Å². The summed E-state index contributed by atoms with van der Waals surface area (Å²) in [5, 5.41) is 6.41. The van der Waals surface area contributed by atoms with Crippen LogP contribution in [0.1, 0.15) is 20.7 Å². The van der Waals surface area contributed by atoms with E-state index in [1.165, 1.54) is 11.8 Å². The van der Waals surface area contributed by atoms with Crippen LogP contribution in [0.15, 0.2) is 95.5 Å². The molecule has 3 rings (SSSR count). The predicted octanol–water partition coefficient (Wildman–Crippen LogP) is 4.40. The van der Waals surface area contributed by atoms with Crippen LogP contribution >= 0.6 is 11.8 Å². The van der Waals surface area contributed by atoms with Crippen LogP contribution in [0.25, 0.3) is 0 Å². The molecule has 5 nitrogen and oxygen atoms in total. The van der Waals surface area contributed by atoms with E-state index in [-0.39, 0.29) is 11.8 Å². The first-order chi connectivity index (χ1) is 13.7. The van der Waals surface area contributed by atoms with E-state index in [4.69, 9.17) is 0 Å². The van der Waals surface area contributed by atoms with E-state index in [9.17, 15) is 9.59 Å². The van der Waals surface area contributed by atoms with Crippen LogP contribution < -0.4 is 10.6 Å². The molecule has 0 spiro atoms. The number of nitrogens with zero attached hydrogens (tertiary/aromatic N) is 1. The molecule has 140 valence electrons. The Morgan fingerprint density at radius 2 is 1.71 bits per heavy atom. The summed E-state index contributed by atoms with van der Waals surface area (Å²) in [6.45, 7) is 3.94. The van der Waals surface area contributed by atoms with E-state index in [1.807, 2.05) is 30.3 Å². The van der Waals surface area contributed by atoms with Gasteiger partial charge in [0, 0.05) is 23.2 Å². The number of aromatic nitrogens is 1. The monoisotopic (exact) mass is 389 g/mol. The number of para-hydroxylation sites is 1. The van der Waals surface area contributed by atoms with Gasteiger partial charge in [0.2, 0.25) is 0 Å². The van der Waals surface area contributed by atoms with Gasteiger partial charge in [-0.15, -0.1) is 6.58 Å². The van der Waals surface area contributed by atoms with Gasteiger partial charge in [-0.05, 0) is 48.5 Å². The molecule has 1 aromatic heterocycles. The van der Waals surface area contributed by atoms with E-state index in [0.29, 0.717) is 23.4 Å². The SMILES string of the molecule is C=CCNC(=O)c1ccccc1NC(=O)c1ccc(Sc2ccccn2)cc1. The normalized spacial score (nSPS) is 10.1. The third-order valence-electron chi connectivity index (χ3n) is 3.80. The van der Waals surface area contributed by atoms with Gasteiger partial charge >= 0.3 is 0 Å². The molecular weight excluding hydrogens is 370 g/mol. The van der Waals surface area contributed by atoms with Gasteiger partial charge in [0.25, 0.3) is 11.8 Å². The molecule has 6 heteroatoms. The Morgan fingerprint density at radius 3 is 2.43 bits per heavy atom. The van der Waals surface area contributed by atoms with Crippen molar-refractivity contribution in [2.75, 3.05) is 11.9 Å². The molecule has 3 aromatic rings. The van der Waals surface area contributed by atoms with Crippen molar-refractivity contribution < 1.29 is 9.59 Å². The number of pyridine rings is 1. The van der Waals surface area contributed by atoms with Crippen molar-refractivity contribution in [3.05, 3.63) is 96.7 Å². The number of benzene rings is 2. The average Bonchev–Trinajstić information content (AvgIpc) is 2.73. The first kappa shape index (κ1) is 19.4. The quantitative estimate of drug-likeness (QED) is 0.588. The molecular formula is C22H19N3O2S. The molecule has 28 heavy (non-hydrogen) atoms. The molecule has 2 aromatic carbocycles. The Balaban J connectivity index is 1.70. The van der Waals surface area contributed by atoms with Crippen molar-refractivity contribution in [3.8, 4) is 0 Å². The molecule has 1 heterocycles. The average molecular weight is 389 g/mol. The molecule has 0 aliphatic rings. The third-order valence-corrected chi connectivity index (χ3v) is 4.76. The third kappa shape index (κ3) is 5.08. The molecule has 0 fully saturated rings. The Hall–Kier alpha value is -3.38. The van der Waals surface area contributed by atoms with Gasteiger partial charge in [0.1, 0.15) is 5.03 Å². The van der Waals surface area contributed by atoms with E-state index in [0.717, 1.165) is 9.92 Å². The molecule has 0 bridgehead atoms. The summed E-state index contributed by atoms with van der Waals surface area (Å²) in [5.74, 6) is -0.545. The number of carbonyl (C=O) groups is 2. The first-order valence-electron chi connectivity index (χ1n) is 8.66. The zero-order chi connectivity index (χ0) is 19.8. The van der Waals surface area contributed by atoms with Crippen LogP contribution in [-0.4, -0.2) is 23.3 Å². The van der Waals surface area contributed by atoms with Crippen LogP contribution in [0.3, 0.4) is 0 Å². The van der Waals surface area contributed by atoms with Gasteiger partial charge in [-0.25, -0.2) is 4.98 Å². The highest BCUT2D eigenvalue weighted by Crippen LogP contribution is 2.26. The molecule has 0 aliphatic carbocycles. The van der Waals surface area contributed by atoms with Crippen molar-refractivity contribution in [1.29, 1.82) is 0 Å². The lowest BCUT2D eigenvalue weighted by Crippen LogP contribution is -2.25. The van der Waals surface area contributed by atoms with Gasteiger partial charge in [-0.1, -0.05) is 36.0 Å². The van der Waals surface area contributed by atoms with Gasteiger partial charge in [-0.3, -0.25) is 9.59 Å². The highest BCUT2D eigenvalue weighted by molar-refractivity contribution is 7.99. The summed E-state index contributed by atoms with van der Waals surface area (Å²) in [4.78, 5) is 30.1. The lowest BCUT2D eigenvalue weighted by Gasteiger charge is -2.11. The minimum absolute atomic E-state index is 0.266. The lowest BCUT2D eigenvalue weighted by molar-refractivity contribution is 0.0959. The fraction of sp³-hybridized carbons (Fsp3) is 0.0455. The summed E-state index contributed by atoms with van der Waals surface area (Å²) >= 11 is 1.52. The fourth-order valence-corrected chi connectivity index (χ4v) is 3.22. The van der Waals surface area contributed by atoms with Gasteiger partial charge in [-0.2, -0.15) is 0 Å². The molecule has 0 saturated carbocycles. The van der Waals surface area contributed by atoms with E-state index < -0.39 is 0 Å². The van der Waals surface area contributed by atoms with Crippen molar-refractivity contribution in [2.24, 2.45) is 0 Å². The number of nitrogens with one attached hydrogen (secondary N) is 2. The van der Waals surface area contributed by atoms with Crippen LogP contribution in [0.5, 0.6) is 0 Å². The van der Waals surface area contributed by atoms with Crippen molar-refractivity contribution in [3.63, 3.8) is 0 Å². The second-order valence-electron chi connectivity index (χ2n) is 5.79. The van der Waals surface area contributed by atoms with Crippen molar-refractivity contribution in [1.82, 2.24) is 10.3 Å². The van der Waals surface area contributed by atoms with Gasteiger partial charge in [0.15, 0.2) is 0 Å². The molecule has 2 N–H and O–H groups in total. The van der Waals surface area contributed by atoms with E-state index in [1.54, 1.807) is 48.7 Å². The zero-order valence-electron chi connectivity index (χ0n) is 15.1. The second kappa shape index (κ2) is 9.53. The van der Waals surface area contributed by atoms with E-state index >= 15 is 0 Å². The van der Waals surface area contributed by atoms with E-state index in [2.05, 4.69) is 22.2 Å². The Morgan fingerprint density at radius 1 is 0.964 bits per heavy atom. The molecule has 0 saturated heterocycles. The minimum atomic E-state index is -0.279. The standard InChI is InChI=1S/C22H19N3O2S/c1-2-14-24-22(27)18-7-3-4-8-19(18)25-21(26)16-10-12-17(13-11-16)28-20-9-5-6-15-23-20/h2-13,15H,1,14H2,(H,24,27)(H,25,26). The Kier molecular flexibility index (Phi) is 6.59. The first-order valence-corrected chi connectivity index (χ1v) is 9.47. The Bertz CT molecular complexity index is 973. The number of anilines is 1. The fourth-order valence-electron chi connectivity index (χ4n) is 2.45. The molecule has 0 aliphatic heterocycles. The predicted molar refractivity (Wildman–Crippen MR) is 112 cm³/mol. The zero-order valence-corrected chi connectivity index (χ0v) is 15.9. The highest BCUT2D eigenvalue weighted by atomic mass is 32.2. The van der Waals surface area contributed by atoms with Crippen molar-refractivity contribution in [2.45, 2.75) is 9.92 Å². The highest BCUT2D eigenvalue weighted by Gasteiger charge is 2.13. The van der Waals surface area contributed by atoms with Crippen molar-refractivity contribution >= 4 is 29.3 Å². The summed E-state index contributed by atoms with van der Waals surface area (Å²) in [6, 6.07) is 19.9. The smallest absolute Gasteiger partial charge is 0.255 e. The van der Waals surface area contributed by atoms with Crippen LogP contribution in [0.2, 0.25) is 0 Å². The topological polar surface area (TPSA) is 71.1 Å². The summed E-state index contributed by atoms with van der Waals surface area (Å²) in [7, 11) is 0. The number of amides is 2. The summed E-state index contributed by atoms with van der Waals surface area (Å²) < 4.78 is 0. The summed E-state index contributed by atoms with van der Waals surface area (Å²) in [5.41, 5.74) is 1.37. The largest absolute Gasteiger partial charge is 0.349 e. The number of hydrogen-bond acceptors (Lipinski definition) is 4. The maximum Gasteiger partial charge on any atom is 0.255 e. The minimum Gasteiger partial charge on any atom is -0.349 e. The molecule has 2 amide bonds. The number of hydrogen-bond donors (Lipinski definition) is 2. The second-order valence-corrected chi connectivity index (χ2v) is 6.89. The number of rotatable bonds is 7. The molecule has 0 atom stereocenters. The molecule has 0 unspecified atom stereocenters. The van der Waals surface area contributed by atoms with Gasteiger partial charge in [0.05, 0.1) is 11.3 Å². The molecule has 0 radical (unpaired) electrons. The van der Waals surface area contributed by atoms with Crippen LogP contribution in [0.4, 0.5) is 5.69 Å². The maximum absolute atomic E-state index is 12.6. The summed E-state index contributed by atoms with van der Waals surface area (Å²) in [6.07, 6.45) is 3.34. The maximum atomic E-state index is 12.6. The van der Waals surface area contributed by atoms with Crippen LogP contribution in [0, 0.1) is 0 Å². The van der Waals surface area contributed by atoms with Crippen LogP contribution in [-0.2, 0) is 0 Å². The number of carbonyl (C=O) groups excluding carboxylic acids is 2. The van der Waals surface area contributed by atoms with Gasteiger partial charge < -0.3 is 10.6 Å².